The highest BCUT2D eigenvalue weighted by Crippen LogP contribution is 2.18. The minimum atomic E-state index is -0.389. The van der Waals surface area contributed by atoms with Gasteiger partial charge in [-0.05, 0) is 29.2 Å². The minimum absolute atomic E-state index is 0.119. The van der Waals surface area contributed by atoms with Gasteiger partial charge in [0.15, 0.2) is 0 Å². The van der Waals surface area contributed by atoms with Crippen LogP contribution in [0.2, 0.25) is 0 Å². The summed E-state index contributed by atoms with van der Waals surface area (Å²) in [4.78, 5) is 10.2. The van der Waals surface area contributed by atoms with Crippen molar-refractivity contribution in [2.24, 2.45) is 0 Å². The van der Waals surface area contributed by atoms with Crippen LogP contribution in [0.3, 0.4) is 0 Å². The molecule has 0 saturated heterocycles. The third kappa shape index (κ3) is 3.52. The number of benzene rings is 2. The summed E-state index contributed by atoms with van der Waals surface area (Å²) in [5.74, 6) is 0.316. The molecule has 19 heavy (non-hydrogen) atoms. The molecule has 0 bridgehead atoms. The van der Waals surface area contributed by atoms with Gasteiger partial charge < -0.3 is 0 Å². The summed E-state index contributed by atoms with van der Waals surface area (Å²) >= 11 is 0. The first-order chi connectivity index (χ1) is 9.16. The average Bonchev–Trinajstić information content (AvgIpc) is 2.46. The van der Waals surface area contributed by atoms with E-state index in [0.717, 1.165) is 5.56 Å². The molecule has 2 aromatic carbocycles. The lowest BCUT2D eigenvalue weighted by Crippen LogP contribution is -1.88. The second-order valence-electron chi connectivity index (χ2n) is 4.41. The van der Waals surface area contributed by atoms with Gasteiger partial charge in [0.1, 0.15) is 0 Å². The van der Waals surface area contributed by atoms with Crippen LogP contribution in [-0.2, 0) is 0 Å². The van der Waals surface area contributed by atoms with E-state index in [4.69, 9.17) is 0 Å². The molecule has 1 atom stereocenters. The summed E-state index contributed by atoms with van der Waals surface area (Å²) in [7, 11) is 0. The Bertz CT molecular complexity index is 573. The molecule has 3 heteroatoms. The fraction of sp³-hybridized carbons (Fsp3) is 0.125. The first kappa shape index (κ1) is 13.0. The molecule has 0 fully saturated rings. The summed E-state index contributed by atoms with van der Waals surface area (Å²) in [5, 5.41) is 10.6. The zero-order chi connectivity index (χ0) is 13.7. The lowest BCUT2D eigenvalue weighted by Gasteiger charge is -2.05. The Morgan fingerprint density at radius 3 is 2.26 bits per heavy atom. The number of hydrogen-bond donors (Lipinski definition) is 0. The molecular formula is C16H15NO2. The van der Waals surface area contributed by atoms with E-state index in [1.807, 2.05) is 24.3 Å². The van der Waals surface area contributed by atoms with Gasteiger partial charge in [0.2, 0.25) is 0 Å². The third-order valence-electron chi connectivity index (χ3n) is 3.01. The van der Waals surface area contributed by atoms with Gasteiger partial charge in [0, 0.05) is 12.1 Å². The van der Waals surface area contributed by atoms with Gasteiger partial charge in [-0.3, -0.25) is 10.1 Å². The van der Waals surface area contributed by atoms with Gasteiger partial charge in [-0.2, -0.15) is 0 Å². The monoisotopic (exact) mass is 253 g/mol. The molecule has 2 aromatic rings. The molecule has 0 spiro atoms. The van der Waals surface area contributed by atoms with Crippen molar-refractivity contribution < 1.29 is 4.92 Å². The Labute approximate surface area is 112 Å². The van der Waals surface area contributed by atoms with Gasteiger partial charge in [0.05, 0.1) is 4.92 Å². The van der Waals surface area contributed by atoms with Crippen molar-refractivity contribution in [1.82, 2.24) is 0 Å². The van der Waals surface area contributed by atoms with Gasteiger partial charge in [-0.1, -0.05) is 49.4 Å². The van der Waals surface area contributed by atoms with Crippen molar-refractivity contribution in [3.05, 3.63) is 81.9 Å². The largest absolute Gasteiger partial charge is 0.269 e. The molecule has 2 rings (SSSR count). The van der Waals surface area contributed by atoms with Gasteiger partial charge in [-0.15, -0.1) is 0 Å². The average molecular weight is 253 g/mol. The topological polar surface area (TPSA) is 43.1 Å². The molecule has 0 heterocycles. The standard InChI is InChI=1S/C16H15NO2/c1-13(15-5-3-2-4-6-15)7-8-14-9-11-16(12-10-14)17(18)19/h2-13H,1H3. The summed E-state index contributed by atoms with van der Waals surface area (Å²) in [6.45, 7) is 2.12. The maximum absolute atomic E-state index is 10.6. The molecule has 0 aromatic heterocycles. The fourth-order valence-electron chi connectivity index (χ4n) is 1.83. The number of rotatable bonds is 4. The number of hydrogen-bond acceptors (Lipinski definition) is 2. The van der Waals surface area contributed by atoms with Crippen LogP contribution in [0.25, 0.3) is 6.08 Å². The van der Waals surface area contributed by atoms with E-state index in [0.29, 0.717) is 5.92 Å². The van der Waals surface area contributed by atoms with Gasteiger partial charge in [-0.25, -0.2) is 0 Å². The smallest absolute Gasteiger partial charge is 0.258 e. The summed E-state index contributed by atoms with van der Waals surface area (Å²) in [6, 6.07) is 16.8. The summed E-state index contributed by atoms with van der Waals surface area (Å²) < 4.78 is 0. The Morgan fingerprint density at radius 2 is 1.68 bits per heavy atom. The number of nitrogens with zero attached hydrogens (tertiary/aromatic N) is 1. The molecular weight excluding hydrogens is 238 g/mol. The number of allylic oxidation sites excluding steroid dienone is 1. The van der Waals surface area contributed by atoms with E-state index >= 15 is 0 Å². The van der Waals surface area contributed by atoms with E-state index in [2.05, 4.69) is 25.1 Å². The number of non-ortho nitro benzene ring substituents is 1. The Morgan fingerprint density at radius 1 is 1.05 bits per heavy atom. The van der Waals surface area contributed by atoms with Crippen LogP contribution in [0, 0.1) is 10.1 Å². The second kappa shape index (κ2) is 5.96. The van der Waals surface area contributed by atoms with E-state index < -0.39 is 0 Å². The van der Waals surface area contributed by atoms with Crippen LogP contribution in [-0.4, -0.2) is 4.92 Å². The van der Waals surface area contributed by atoms with E-state index in [1.165, 1.54) is 17.7 Å². The van der Waals surface area contributed by atoms with Crippen LogP contribution in [0.4, 0.5) is 5.69 Å². The highest BCUT2D eigenvalue weighted by molar-refractivity contribution is 5.53. The number of nitro groups is 1. The first-order valence-electron chi connectivity index (χ1n) is 6.14. The highest BCUT2D eigenvalue weighted by atomic mass is 16.6. The minimum Gasteiger partial charge on any atom is -0.258 e. The van der Waals surface area contributed by atoms with Crippen LogP contribution in [0.5, 0.6) is 0 Å². The lowest BCUT2D eigenvalue weighted by molar-refractivity contribution is -0.384. The quantitative estimate of drug-likeness (QED) is 0.598. The lowest BCUT2D eigenvalue weighted by atomic mass is 10.00. The van der Waals surface area contributed by atoms with Crippen LogP contribution in [0.15, 0.2) is 60.7 Å². The van der Waals surface area contributed by atoms with E-state index in [9.17, 15) is 10.1 Å². The van der Waals surface area contributed by atoms with Crippen LogP contribution >= 0.6 is 0 Å². The third-order valence-corrected chi connectivity index (χ3v) is 3.01. The van der Waals surface area contributed by atoms with E-state index in [-0.39, 0.29) is 10.6 Å². The Kier molecular flexibility index (Phi) is 4.08. The maximum atomic E-state index is 10.6. The summed E-state index contributed by atoms with van der Waals surface area (Å²) in [6.07, 6.45) is 4.08. The zero-order valence-corrected chi connectivity index (χ0v) is 10.7. The predicted octanol–water partition coefficient (Wildman–Crippen LogP) is 4.41. The second-order valence-corrected chi connectivity index (χ2v) is 4.41. The normalized spacial score (nSPS) is 12.5. The van der Waals surface area contributed by atoms with Crippen LogP contribution < -0.4 is 0 Å². The number of nitro benzene ring substituents is 1. The van der Waals surface area contributed by atoms with Crippen molar-refractivity contribution in [2.45, 2.75) is 12.8 Å². The van der Waals surface area contributed by atoms with Crippen molar-refractivity contribution >= 4 is 11.8 Å². The molecule has 0 aliphatic heterocycles. The Balaban J connectivity index is 2.08. The van der Waals surface area contributed by atoms with E-state index in [1.54, 1.807) is 12.1 Å². The van der Waals surface area contributed by atoms with Crippen molar-refractivity contribution in [3.63, 3.8) is 0 Å². The van der Waals surface area contributed by atoms with Crippen molar-refractivity contribution in [1.29, 1.82) is 0 Å². The molecule has 0 N–H and O–H groups in total. The molecule has 3 nitrogen and oxygen atoms in total. The molecule has 0 aliphatic carbocycles. The Hall–Kier alpha value is -2.42. The highest BCUT2D eigenvalue weighted by Gasteiger charge is 2.03. The molecule has 96 valence electrons. The first-order valence-corrected chi connectivity index (χ1v) is 6.14. The molecule has 0 aliphatic rings. The van der Waals surface area contributed by atoms with Gasteiger partial charge >= 0.3 is 0 Å². The molecule has 0 saturated carbocycles. The van der Waals surface area contributed by atoms with Crippen molar-refractivity contribution in [3.8, 4) is 0 Å². The zero-order valence-electron chi connectivity index (χ0n) is 10.7. The summed E-state index contributed by atoms with van der Waals surface area (Å²) in [5.41, 5.74) is 2.34. The van der Waals surface area contributed by atoms with Crippen LogP contribution in [0.1, 0.15) is 24.0 Å². The van der Waals surface area contributed by atoms with Crippen molar-refractivity contribution in [2.75, 3.05) is 0 Å². The molecule has 0 radical (unpaired) electrons. The van der Waals surface area contributed by atoms with Gasteiger partial charge in [0.25, 0.3) is 5.69 Å². The predicted molar refractivity (Wildman–Crippen MR) is 77.0 cm³/mol. The maximum Gasteiger partial charge on any atom is 0.269 e. The SMILES string of the molecule is CC(C=Cc1ccc([N+](=O)[O-])cc1)c1ccccc1. The molecule has 0 amide bonds. The fourth-order valence-corrected chi connectivity index (χ4v) is 1.83. The molecule has 1 unspecified atom stereocenters.